The van der Waals surface area contributed by atoms with Crippen molar-refractivity contribution in [2.75, 3.05) is 25.1 Å². The van der Waals surface area contributed by atoms with Crippen LogP contribution in [0.4, 0.5) is 0 Å². The van der Waals surface area contributed by atoms with E-state index >= 15 is 0 Å². The molecule has 0 saturated carbocycles. The van der Waals surface area contributed by atoms with Crippen LogP contribution in [0, 0.1) is 47.3 Å². The van der Waals surface area contributed by atoms with Gasteiger partial charge in [-0.25, -0.2) is 4.79 Å². The van der Waals surface area contributed by atoms with Crippen LogP contribution in [0.1, 0.15) is 240 Å². The zero-order valence-corrected chi connectivity index (χ0v) is 81.6. The Morgan fingerprint density at radius 3 is 1.07 bits per heavy atom. The van der Waals surface area contributed by atoms with E-state index in [9.17, 15) is 101 Å². The van der Waals surface area contributed by atoms with Crippen LogP contribution in [0.15, 0.2) is 30.3 Å². The molecule has 42 heteroatoms. The van der Waals surface area contributed by atoms with Crippen LogP contribution < -0.4 is 108 Å². The van der Waals surface area contributed by atoms with E-state index in [0.29, 0.717) is 37.0 Å². The van der Waals surface area contributed by atoms with Gasteiger partial charge in [-0.3, -0.25) is 86.3 Å². The van der Waals surface area contributed by atoms with E-state index in [4.69, 9.17) is 22.9 Å². The molecule has 41 nitrogen and oxygen atoms in total. The van der Waals surface area contributed by atoms with Crippen molar-refractivity contribution in [1.29, 1.82) is 0 Å². The van der Waals surface area contributed by atoms with Crippen molar-refractivity contribution in [2.24, 2.45) is 70.3 Å². The maximum atomic E-state index is 14.9. The zero-order valence-electron chi connectivity index (χ0n) is 80.8. The highest BCUT2D eigenvalue weighted by Gasteiger charge is 2.41. The van der Waals surface area contributed by atoms with Gasteiger partial charge in [-0.15, -0.1) is 0 Å². The number of hydrogen-bond donors (Lipinski definition) is 22. The summed E-state index contributed by atoms with van der Waals surface area (Å²) in [5.74, 6) is -19.0. The summed E-state index contributed by atoms with van der Waals surface area (Å²) >= 11 is 1.46. The molecule has 1 aromatic carbocycles. The molecular weight excluding hydrogens is 1730 g/mol. The average molecular weight is 1890 g/mol. The van der Waals surface area contributed by atoms with Crippen molar-refractivity contribution < 1.29 is 101 Å². The Balaban J connectivity index is 3.62. The molecule has 1 rings (SSSR count). The number of thioether (sulfide) groups is 1. The minimum atomic E-state index is -1.81. The number of aliphatic carboxylic acids is 1. The second-order valence-electron chi connectivity index (χ2n) is 36.5. The number of nitrogens with two attached hydrogens (primary N) is 4. The Labute approximate surface area is 781 Å². The summed E-state index contributed by atoms with van der Waals surface area (Å²) < 4.78 is 0. The molecule has 0 radical (unpaired) electrons. The fraction of sp³-hybridized carbons (Fsp3) is 0.722. The van der Waals surface area contributed by atoms with Gasteiger partial charge in [-0.1, -0.05) is 160 Å². The van der Waals surface area contributed by atoms with Crippen LogP contribution in [0.3, 0.4) is 0 Å². The molecule has 1 aromatic rings. The van der Waals surface area contributed by atoms with Gasteiger partial charge in [0.1, 0.15) is 90.6 Å². The number of unbranched alkanes of at least 4 members (excludes halogenated alkanes) is 1. The third kappa shape index (κ3) is 45.7. The number of carbonyl (C=O) groups excluding carboxylic acids is 18. The molecule has 0 heterocycles. The number of aliphatic hydroxyl groups excluding tert-OH is 1. The monoisotopic (exact) mass is 1890 g/mol. The molecule has 0 unspecified atom stereocenters. The largest absolute Gasteiger partial charge is 0.480 e. The van der Waals surface area contributed by atoms with Crippen LogP contribution in [0.25, 0.3) is 0 Å². The second kappa shape index (κ2) is 62.0. The first-order chi connectivity index (χ1) is 61.7. The number of rotatable bonds is 65. The van der Waals surface area contributed by atoms with Gasteiger partial charge in [0.05, 0.1) is 18.7 Å². The topological polar surface area (TPSA) is 661 Å². The zero-order chi connectivity index (χ0) is 101. The van der Waals surface area contributed by atoms with Gasteiger partial charge in [0.15, 0.2) is 0 Å². The van der Waals surface area contributed by atoms with Crippen LogP contribution in [-0.4, -0.2) is 250 Å². The lowest BCUT2D eigenvalue weighted by atomic mass is 9.95. The maximum Gasteiger partial charge on any atom is 0.326 e. The third-order valence-corrected chi connectivity index (χ3v) is 22.8. The van der Waals surface area contributed by atoms with Gasteiger partial charge in [0, 0.05) is 19.3 Å². The van der Waals surface area contributed by atoms with Gasteiger partial charge >= 0.3 is 5.97 Å². The lowest BCUT2D eigenvalue weighted by molar-refractivity contribution is -0.142. The minimum absolute atomic E-state index is 0.00140. The molecule has 748 valence electrons. The number of carboxylic acids is 1. The van der Waals surface area contributed by atoms with Crippen molar-refractivity contribution in [1.82, 2.24) is 85.1 Å². The molecule has 0 saturated heterocycles. The highest BCUT2D eigenvalue weighted by atomic mass is 32.2. The van der Waals surface area contributed by atoms with E-state index in [1.807, 2.05) is 6.26 Å². The molecule has 132 heavy (non-hydrogen) atoms. The smallest absolute Gasteiger partial charge is 0.326 e. The first-order valence-electron chi connectivity index (χ1n) is 46.0. The Hall–Kier alpha value is -10.6. The fourth-order valence-corrected chi connectivity index (χ4v) is 14.3. The van der Waals surface area contributed by atoms with E-state index in [1.165, 1.54) is 32.5 Å². The van der Waals surface area contributed by atoms with E-state index in [1.54, 1.807) is 141 Å². The molecule has 0 fully saturated rings. The summed E-state index contributed by atoms with van der Waals surface area (Å²) in [6, 6.07) is -13.3. The van der Waals surface area contributed by atoms with Crippen LogP contribution >= 0.6 is 11.8 Å². The molecular formula is C90H156N20O21S. The number of aliphatic hydroxyl groups is 1. The highest BCUT2D eigenvalue weighted by Crippen LogP contribution is 2.20. The summed E-state index contributed by atoms with van der Waals surface area (Å²) in [7, 11) is 0. The number of amides is 18. The highest BCUT2D eigenvalue weighted by molar-refractivity contribution is 7.98. The van der Waals surface area contributed by atoms with E-state index in [2.05, 4.69) is 85.1 Å². The van der Waals surface area contributed by atoms with Crippen molar-refractivity contribution in [3.8, 4) is 0 Å². The Morgan fingerprint density at radius 1 is 0.348 bits per heavy atom. The first-order valence-corrected chi connectivity index (χ1v) is 47.4. The molecule has 0 spiro atoms. The number of hydrogen-bond acceptors (Lipinski definition) is 23. The van der Waals surface area contributed by atoms with Gasteiger partial charge in [0.2, 0.25) is 106 Å². The number of carboxylic acid groups (broad SMARTS) is 1. The first kappa shape index (κ1) is 119. The average Bonchev–Trinajstić information content (AvgIpc) is 0.834. The molecule has 0 aromatic heterocycles. The normalized spacial score (nSPS) is 16.0. The summed E-state index contributed by atoms with van der Waals surface area (Å²) in [6.07, 6.45) is 0.924. The van der Waals surface area contributed by atoms with Crippen molar-refractivity contribution in [2.45, 2.75) is 343 Å². The quantitative estimate of drug-likeness (QED) is 0.0356. The summed E-state index contributed by atoms with van der Waals surface area (Å²) in [5.41, 5.74) is 23.0. The van der Waals surface area contributed by atoms with Crippen LogP contribution in [-0.2, 0) is 97.5 Å². The minimum Gasteiger partial charge on any atom is -0.480 e. The number of benzene rings is 1. The lowest BCUT2D eigenvalue weighted by Crippen LogP contribution is -2.63. The maximum absolute atomic E-state index is 14.9. The van der Waals surface area contributed by atoms with E-state index in [-0.39, 0.29) is 120 Å². The Morgan fingerprint density at radius 2 is 0.659 bits per heavy atom. The van der Waals surface area contributed by atoms with E-state index in [0.717, 1.165) is 0 Å². The molecule has 0 aliphatic heterocycles. The summed E-state index contributed by atoms with van der Waals surface area (Å²) in [6.45, 7) is 31.4. The Kier molecular flexibility index (Phi) is 56.1. The predicted octanol–water partition coefficient (Wildman–Crippen LogP) is -0.768. The number of nitrogens with one attached hydrogen (secondary N) is 16. The molecule has 0 bridgehead atoms. The van der Waals surface area contributed by atoms with Crippen molar-refractivity contribution >= 4 is 124 Å². The molecule has 18 amide bonds. The van der Waals surface area contributed by atoms with Crippen molar-refractivity contribution in [3.05, 3.63) is 35.9 Å². The number of primary amides is 2. The van der Waals surface area contributed by atoms with Crippen LogP contribution in [0.5, 0.6) is 0 Å². The second-order valence-corrected chi connectivity index (χ2v) is 37.5. The standard InChI is InChI=1S/C90H156N20O21S/c1-21-51(14)71(86(126)97-55(18)76(116)101-63(40-47(6)7)81(121)96-54(17)75(115)100-61(90(130)131)33-35-69(94)113)107-70(114)45-95-78(118)62(39-46(4)5)102-82(122)64(41-48(8)9)103-84(124)67(44-57-29-25-24-26-30-57)106-89(129)74(56(19)111)110-88(128)73(53(16)23-3)109-85(125)66(43-50(12)13)104-83(123)65(42-49(10)11)105-87(127)72(52(15)22-2)108-80(120)59(31-27-28-37-91)99-79(119)60(32-34-68(93)112)98-77(117)58(92)36-38-132-20/h24-26,29-30,46-56,58-67,71-74,111H,21-23,27-28,31-45,91-92H2,1-20H3,(H2,93,112)(H2,94,113)(H,95,118)(H,96,121)(H,97,126)(H,98,117)(H,99,119)(H,100,115)(H,101,116)(H,102,122)(H,103,124)(H,104,123)(H,105,127)(H,106,129)(H,107,114)(H,108,120)(H,109,125)(H,110,128)(H,130,131)/t51-,52-,53-,54-,55-,56+,58-,59-,60-,61-,62-,63-,64-,65-,66-,67-,71-,72-,73-,74-/m0/s1. The number of carbonyl (C=O) groups is 19. The van der Waals surface area contributed by atoms with Gasteiger partial charge in [-0.2, -0.15) is 11.8 Å². The molecule has 26 N–H and O–H groups in total. The molecule has 20 atom stereocenters. The molecule has 0 aliphatic rings. The summed E-state index contributed by atoms with van der Waals surface area (Å²) in [5, 5.41) is 63.0. The van der Waals surface area contributed by atoms with E-state index < -0.39 is 239 Å². The predicted molar refractivity (Wildman–Crippen MR) is 499 cm³/mol. The fourth-order valence-electron chi connectivity index (χ4n) is 13.8. The van der Waals surface area contributed by atoms with Gasteiger partial charge < -0.3 is 118 Å². The molecule has 0 aliphatic carbocycles. The van der Waals surface area contributed by atoms with Gasteiger partial charge in [-0.05, 0) is 163 Å². The van der Waals surface area contributed by atoms with Gasteiger partial charge in [0.25, 0.3) is 0 Å². The SMILES string of the molecule is CC[C@H](C)[C@H](NC(=O)CNC(=O)[C@H](CC(C)C)NC(=O)[C@H](CC(C)C)NC(=O)[C@H](Cc1ccccc1)NC(=O)[C@@H](NC(=O)[C@@H](NC(=O)[C@H](CC(C)C)NC(=O)[C@H](CC(C)C)NC(=O)[C@@H](NC(=O)[C@H](CCCCN)NC(=O)[C@H](CCC(N)=O)NC(=O)[C@@H](N)CCSC)[C@@H](C)CC)[C@@H](C)CC)[C@@H](C)O)C(=O)N[C@@H](C)C(=O)N[C@@H](CC(C)C)C(=O)N[C@@H](C)C(=O)N[C@@H](CCC(N)=O)C(=O)O. The summed E-state index contributed by atoms with van der Waals surface area (Å²) in [4.78, 5) is 262. The van der Waals surface area contributed by atoms with Crippen LogP contribution in [0.2, 0.25) is 0 Å². The Bertz CT molecular complexity index is 3930. The lowest BCUT2D eigenvalue weighted by Gasteiger charge is -2.31. The third-order valence-electron chi connectivity index (χ3n) is 22.2. The van der Waals surface area contributed by atoms with Crippen molar-refractivity contribution in [3.63, 3.8) is 0 Å².